The number of phenolic OH excluding ortho intramolecular Hbond substituents is 2. The smallest absolute Gasteiger partial charge is 0.329 e. The molecule has 0 unspecified atom stereocenters. The van der Waals surface area contributed by atoms with Gasteiger partial charge in [0.2, 0.25) is 41.4 Å². The number of aromatic hydroxyl groups is 2. The number of unbranched alkanes of at least 4 members (excludes halogenated alkanes) is 4. The molecule has 9 atom stereocenters. The first-order chi connectivity index (χ1) is 36.2. The Morgan fingerprint density at radius 3 is 1.91 bits per heavy atom. The summed E-state index contributed by atoms with van der Waals surface area (Å²) in [7, 11) is 1.34. The number of carbonyl (C=O) groups excluding carboxylic acids is 8. The number of amides is 7. The Labute approximate surface area is 442 Å². The van der Waals surface area contributed by atoms with Crippen molar-refractivity contribution in [2.24, 2.45) is 5.92 Å². The molecule has 2 saturated heterocycles. The second-order valence-electron chi connectivity index (χ2n) is 19.9. The average Bonchev–Trinajstić information content (AvgIpc) is 3.38. The van der Waals surface area contributed by atoms with Gasteiger partial charge in [-0.05, 0) is 79.5 Å². The minimum atomic E-state index is -1.86. The fourth-order valence-electron chi connectivity index (χ4n) is 9.22. The van der Waals surface area contributed by atoms with Gasteiger partial charge in [0.15, 0.2) is 0 Å². The quantitative estimate of drug-likeness (QED) is 0.0616. The number of fused-ring (bicyclic) bond motifs is 2. The molecule has 7 amide bonds. The number of cyclic esters (lactones) is 1. The minimum Gasteiger partial charge on any atom is -0.508 e. The van der Waals surface area contributed by atoms with Crippen molar-refractivity contribution in [2.75, 3.05) is 7.05 Å². The van der Waals surface area contributed by atoms with E-state index >= 15 is 4.79 Å². The van der Waals surface area contributed by atoms with Crippen molar-refractivity contribution < 1.29 is 68.3 Å². The maximum absolute atomic E-state index is 15.1. The molecule has 76 heavy (non-hydrogen) atoms. The number of hydrogen-bond donors (Lipinski definition) is 9. The molecule has 9 N–H and O–H groups in total. The fraction of sp³-hybridized carbons (Fsp3) is 0.509. The number of hydrogen-bond acceptors (Lipinski definition) is 13. The second kappa shape index (κ2) is 28.4. The molecular formula is C55H73N7O14. The summed E-state index contributed by atoms with van der Waals surface area (Å²) in [6, 6.07) is 9.55. The van der Waals surface area contributed by atoms with Gasteiger partial charge < -0.3 is 61.5 Å². The first kappa shape index (κ1) is 59.3. The summed E-state index contributed by atoms with van der Waals surface area (Å²) >= 11 is 0. The van der Waals surface area contributed by atoms with Crippen LogP contribution >= 0.6 is 0 Å². The molecule has 5 rings (SSSR count). The molecule has 2 bridgehead atoms. The number of rotatable bonds is 19. The van der Waals surface area contributed by atoms with Gasteiger partial charge in [0.25, 0.3) is 0 Å². The normalized spacial score (nSPS) is 23.5. The van der Waals surface area contributed by atoms with Crippen LogP contribution in [0, 0.1) is 5.92 Å². The molecule has 21 nitrogen and oxygen atoms in total. The van der Waals surface area contributed by atoms with E-state index in [1.165, 1.54) is 50.4 Å². The summed E-state index contributed by atoms with van der Waals surface area (Å²) < 4.78 is 5.91. The number of nitrogens with one attached hydrogen (secondary N) is 5. The lowest BCUT2D eigenvalue weighted by atomic mass is 9.95. The molecule has 0 aromatic heterocycles. The van der Waals surface area contributed by atoms with Crippen LogP contribution in [0.25, 0.3) is 0 Å². The van der Waals surface area contributed by atoms with Crippen molar-refractivity contribution in [3.63, 3.8) is 0 Å². The lowest BCUT2D eigenvalue weighted by Gasteiger charge is -2.43. The highest BCUT2D eigenvalue weighted by Gasteiger charge is 2.46. The van der Waals surface area contributed by atoms with E-state index < -0.39 is 127 Å². The number of aliphatic hydroxyl groups is 1. The number of carboxylic acids is 1. The number of aliphatic carboxylic acids is 1. The van der Waals surface area contributed by atoms with Crippen molar-refractivity contribution in [3.05, 3.63) is 95.6 Å². The van der Waals surface area contributed by atoms with Crippen LogP contribution < -0.4 is 26.6 Å². The number of esters is 1. The van der Waals surface area contributed by atoms with E-state index in [0.29, 0.717) is 23.1 Å². The summed E-state index contributed by atoms with van der Waals surface area (Å²) in [5, 5.41) is 54.5. The van der Waals surface area contributed by atoms with Gasteiger partial charge in [-0.2, -0.15) is 0 Å². The fourth-order valence-corrected chi connectivity index (χ4v) is 9.22. The lowest BCUT2D eigenvalue weighted by molar-refractivity contribution is -0.165. The Bertz CT molecular complexity index is 2490. The molecule has 3 aromatic rings. The van der Waals surface area contributed by atoms with Gasteiger partial charge in [-0.25, -0.2) is 4.79 Å². The molecule has 2 fully saturated rings. The van der Waals surface area contributed by atoms with Gasteiger partial charge in [-0.1, -0.05) is 101 Å². The molecule has 3 aromatic carbocycles. The van der Waals surface area contributed by atoms with Crippen LogP contribution in [0.2, 0.25) is 0 Å². The van der Waals surface area contributed by atoms with Crippen LogP contribution in [0.1, 0.15) is 109 Å². The van der Waals surface area contributed by atoms with Gasteiger partial charge in [0, 0.05) is 39.2 Å². The van der Waals surface area contributed by atoms with Gasteiger partial charge in [-0.15, -0.1) is 0 Å². The SMILES string of the molecule is CCCCCCCC(=O)N[C@@H](CCC(=O)O)C(=O)N[C@@H]1C(=O)N[C@@H](Cc2ccc(O)cc2)C(=O)N[C@H]2CC[C@@H](O)N(C2=O)[C@@H](Cc2ccccc2)C(=O)N(C)[C@@H](Cc2ccc(O)cc2)C(=O)N[C@@H](C(C)C)C(=O)O[C@@H]1C. The third-order valence-electron chi connectivity index (χ3n) is 13.7. The summed E-state index contributed by atoms with van der Waals surface area (Å²) in [5.41, 5.74) is 1.49. The number of nitrogens with zero attached hydrogens (tertiary/aromatic N) is 2. The first-order valence-electron chi connectivity index (χ1n) is 26.0. The maximum Gasteiger partial charge on any atom is 0.329 e. The van der Waals surface area contributed by atoms with Crippen LogP contribution in [-0.4, -0.2) is 145 Å². The van der Waals surface area contributed by atoms with Crippen molar-refractivity contribution in [1.82, 2.24) is 36.4 Å². The van der Waals surface area contributed by atoms with Gasteiger partial charge in [-0.3, -0.25) is 38.4 Å². The van der Waals surface area contributed by atoms with Crippen LogP contribution in [0.5, 0.6) is 11.5 Å². The highest BCUT2D eigenvalue weighted by Crippen LogP contribution is 2.26. The summed E-state index contributed by atoms with van der Waals surface area (Å²) in [6.45, 7) is 6.52. The zero-order chi connectivity index (χ0) is 55.6. The van der Waals surface area contributed by atoms with Crippen LogP contribution in [-0.2, 0) is 67.2 Å². The Morgan fingerprint density at radius 2 is 1.30 bits per heavy atom. The number of benzene rings is 3. The van der Waals surface area contributed by atoms with Crippen molar-refractivity contribution in [2.45, 2.75) is 166 Å². The Hall–Kier alpha value is -7.55. The zero-order valence-electron chi connectivity index (χ0n) is 43.7. The van der Waals surface area contributed by atoms with E-state index in [-0.39, 0.29) is 50.0 Å². The summed E-state index contributed by atoms with van der Waals surface area (Å²) in [4.78, 5) is 130. The second-order valence-corrected chi connectivity index (χ2v) is 19.9. The average molecular weight is 1060 g/mol. The number of carboxylic acid groups (broad SMARTS) is 1. The van der Waals surface area contributed by atoms with E-state index in [0.717, 1.165) is 35.5 Å². The topological polar surface area (TPSA) is 310 Å². The third kappa shape index (κ3) is 17.0. The molecule has 2 aliphatic heterocycles. The van der Waals surface area contributed by atoms with Gasteiger partial charge in [0.05, 0.1) is 0 Å². The Kier molecular flexibility index (Phi) is 22.2. The van der Waals surface area contributed by atoms with E-state index in [9.17, 15) is 58.8 Å². The van der Waals surface area contributed by atoms with E-state index in [1.54, 1.807) is 56.3 Å². The van der Waals surface area contributed by atoms with Crippen molar-refractivity contribution in [1.29, 1.82) is 0 Å². The molecule has 2 aliphatic rings. The molecule has 412 valence electrons. The standard InChI is InChI=1S/C55H73N7O14/c1-6-7-8-9-13-16-44(65)56-39(26-28-46(67)68)49(69)60-48-33(4)76-55(75)47(32(2)3)59-51(71)42(30-36-19-23-38(64)24-20-36)61(5)54(74)43(31-34-14-11-10-12-15-34)62-45(66)27-25-40(53(62)73)57-50(70)41(58-52(48)72)29-35-17-21-37(63)22-18-35/h10-12,14-15,17-24,32-33,39-43,45,47-48,63-64,66H,6-9,13,16,25-31H2,1-5H3,(H,56,65)(H,57,70)(H,58,72)(H,59,71)(H,60,69)(H,67,68)/t33-,39+,40+,41+,42+,43+,45-,47+,48+/m1/s1. The Morgan fingerprint density at radius 1 is 0.711 bits per heavy atom. The molecule has 0 spiro atoms. The van der Waals surface area contributed by atoms with Crippen LogP contribution in [0.3, 0.4) is 0 Å². The summed E-state index contributed by atoms with van der Waals surface area (Å²) in [5.74, 6) is -9.28. The first-order valence-corrected chi connectivity index (χ1v) is 26.0. The number of carbonyl (C=O) groups is 9. The van der Waals surface area contributed by atoms with Crippen molar-refractivity contribution >= 4 is 53.3 Å². The Balaban J connectivity index is 1.62. The number of ether oxygens (including phenoxy) is 1. The molecule has 21 heteroatoms. The molecule has 0 radical (unpaired) electrons. The van der Waals surface area contributed by atoms with E-state index in [1.807, 2.05) is 6.92 Å². The molecule has 0 saturated carbocycles. The zero-order valence-corrected chi connectivity index (χ0v) is 43.7. The van der Waals surface area contributed by atoms with Gasteiger partial charge >= 0.3 is 11.9 Å². The highest BCUT2D eigenvalue weighted by atomic mass is 16.5. The molecular weight excluding hydrogens is 983 g/mol. The minimum absolute atomic E-state index is 0.0303. The number of phenols is 2. The van der Waals surface area contributed by atoms with E-state index in [4.69, 9.17) is 4.74 Å². The molecule has 0 aliphatic carbocycles. The lowest BCUT2D eigenvalue weighted by Crippen LogP contribution is -2.65. The van der Waals surface area contributed by atoms with E-state index in [2.05, 4.69) is 26.6 Å². The van der Waals surface area contributed by atoms with Crippen molar-refractivity contribution in [3.8, 4) is 11.5 Å². The third-order valence-corrected chi connectivity index (χ3v) is 13.7. The number of piperidine rings is 1. The maximum atomic E-state index is 15.1. The number of likely N-dealkylation sites (N-methyl/N-ethyl adjacent to an activating group) is 1. The van der Waals surface area contributed by atoms with Crippen LogP contribution in [0.15, 0.2) is 78.9 Å². The van der Waals surface area contributed by atoms with Gasteiger partial charge in [0.1, 0.15) is 66.1 Å². The predicted molar refractivity (Wildman–Crippen MR) is 276 cm³/mol. The largest absolute Gasteiger partial charge is 0.508 e. The monoisotopic (exact) mass is 1060 g/mol. The highest BCUT2D eigenvalue weighted by molar-refractivity contribution is 5.98. The number of aliphatic hydroxyl groups excluding tert-OH is 1. The summed E-state index contributed by atoms with van der Waals surface area (Å²) in [6.07, 6.45) is -0.812. The van der Waals surface area contributed by atoms with Crippen LogP contribution in [0.4, 0.5) is 0 Å². The molecule has 2 heterocycles. The predicted octanol–water partition coefficient (Wildman–Crippen LogP) is 2.51.